The Bertz CT molecular complexity index is 960. The molecule has 0 bridgehead atoms. The first kappa shape index (κ1) is 14.5. The molecule has 0 spiro atoms. The maximum atomic E-state index is 5.82. The van der Waals surface area contributed by atoms with Gasteiger partial charge in [0.15, 0.2) is 0 Å². The zero-order valence-electron chi connectivity index (χ0n) is 13.2. The van der Waals surface area contributed by atoms with E-state index in [9.17, 15) is 0 Å². The third kappa shape index (κ3) is 2.66. The molecule has 3 heteroatoms. The van der Waals surface area contributed by atoms with Gasteiger partial charge in [0.1, 0.15) is 5.58 Å². The first-order chi connectivity index (χ1) is 11.8. The maximum absolute atomic E-state index is 5.82. The number of nitrogens with two attached hydrogens (primary N) is 1. The molecule has 0 saturated heterocycles. The highest BCUT2D eigenvalue weighted by Crippen LogP contribution is 2.36. The lowest BCUT2D eigenvalue weighted by Crippen LogP contribution is -2.10. The minimum Gasteiger partial charge on any atom is -0.464 e. The van der Waals surface area contributed by atoms with E-state index in [1.807, 2.05) is 36.4 Å². The summed E-state index contributed by atoms with van der Waals surface area (Å²) in [6, 6.07) is 26.8. The van der Waals surface area contributed by atoms with E-state index in [-0.39, 0.29) is 0 Å². The number of furan rings is 1. The number of rotatable bonds is 4. The van der Waals surface area contributed by atoms with Crippen molar-refractivity contribution in [3.8, 4) is 0 Å². The molecular weight excluding hydrogens is 296 g/mol. The summed E-state index contributed by atoms with van der Waals surface area (Å²) in [5, 5.41) is 1.10. The summed E-state index contributed by atoms with van der Waals surface area (Å²) >= 11 is 0. The lowest BCUT2D eigenvalue weighted by atomic mass is 10.1. The van der Waals surface area contributed by atoms with E-state index in [4.69, 9.17) is 10.2 Å². The first-order valence-electron chi connectivity index (χ1n) is 7.96. The van der Waals surface area contributed by atoms with E-state index < -0.39 is 0 Å². The molecule has 1 heterocycles. The number of hydrogen-bond acceptors (Lipinski definition) is 3. The second-order valence-corrected chi connectivity index (χ2v) is 5.69. The third-order valence-corrected chi connectivity index (χ3v) is 4.12. The number of nitrogens with zero attached hydrogens (tertiary/aromatic N) is 1. The fraction of sp³-hybridized carbons (Fsp3) is 0.0476. The largest absolute Gasteiger partial charge is 0.464 e. The van der Waals surface area contributed by atoms with Crippen LogP contribution in [-0.4, -0.2) is 0 Å². The van der Waals surface area contributed by atoms with Crippen molar-refractivity contribution in [3.05, 3.63) is 90.7 Å². The smallest absolute Gasteiger partial charge is 0.135 e. The van der Waals surface area contributed by atoms with Crippen LogP contribution >= 0.6 is 0 Å². The molecule has 0 amide bonds. The molecule has 0 unspecified atom stereocenters. The zero-order chi connectivity index (χ0) is 16.4. The Morgan fingerprint density at radius 2 is 1.54 bits per heavy atom. The molecule has 0 aliphatic carbocycles. The van der Waals surface area contributed by atoms with Crippen molar-refractivity contribution in [3.63, 3.8) is 0 Å². The van der Waals surface area contributed by atoms with Gasteiger partial charge in [0.2, 0.25) is 0 Å². The third-order valence-electron chi connectivity index (χ3n) is 4.12. The molecule has 24 heavy (non-hydrogen) atoms. The Balaban J connectivity index is 1.89. The minimum absolute atomic E-state index is 0.522. The molecule has 0 atom stereocenters. The van der Waals surface area contributed by atoms with Crippen LogP contribution in [0.3, 0.4) is 0 Å². The molecule has 118 valence electrons. The average molecular weight is 314 g/mol. The van der Waals surface area contributed by atoms with Crippen molar-refractivity contribution in [2.75, 3.05) is 4.90 Å². The quantitative estimate of drug-likeness (QED) is 0.551. The van der Waals surface area contributed by atoms with Crippen molar-refractivity contribution in [2.45, 2.75) is 6.54 Å². The van der Waals surface area contributed by atoms with Gasteiger partial charge in [0.25, 0.3) is 0 Å². The van der Waals surface area contributed by atoms with Gasteiger partial charge in [-0.1, -0.05) is 30.3 Å². The number of hydrogen-bond donors (Lipinski definition) is 1. The average Bonchev–Trinajstić information content (AvgIpc) is 3.11. The van der Waals surface area contributed by atoms with Crippen LogP contribution in [0.2, 0.25) is 0 Å². The van der Waals surface area contributed by atoms with Gasteiger partial charge in [0, 0.05) is 35.1 Å². The fourth-order valence-electron chi connectivity index (χ4n) is 2.93. The predicted octanol–water partition coefficient (Wildman–Crippen LogP) is 5.36. The predicted molar refractivity (Wildman–Crippen MR) is 98.8 cm³/mol. The van der Waals surface area contributed by atoms with Crippen LogP contribution < -0.4 is 10.6 Å². The highest BCUT2D eigenvalue weighted by atomic mass is 16.3. The lowest BCUT2D eigenvalue weighted by molar-refractivity contribution is 0.616. The second-order valence-electron chi connectivity index (χ2n) is 5.69. The normalized spacial score (nSPS) is 10.9. The molecular formula is C21H18N2O. The Hall–Kier alpha value is -3.04. The highest BCUT2D eigenvalue weighted by Gasteiger charge is 2.13. The summed E-state index contributed by atoms with van der Waals surface area (Å²) in [5.74, 6) is 0. The molecule has 4 rings (SSSR count). The van der Waals surface area contributed by atoms with Crippen molar-refractivity contribution in [1.29, 1.82) is 0 Å². The van der Waals surface area contributed by atoms with Crippen LogP contribution in [0.4, 0.5) is 17.1 Å². The molecule has 0 saturated carbocycles. The van der Waals surface area contributed by atoms with Gasteiger partial charge < -0.3 is 15.1 Å². The highest BCUT2D eigenvalue weighted by molar-refractivity contribution is 5.85. The molecule has 0 radical (unpaired) electrons. The summed E-state index contributed by atoms with van der Waals surface area (Å²) in [7, 11) is 0. The van der Waals surface area contributed by atoms with Gasteiger partial charge in [-0.05, 0) is 48.0 Å². The van der Waals surface area contributed by atoms with Gasteiger partial charge in [-0.15, -0.1) is 0 Å². The number of fused-ring (bicyclic) bond motifs is 1. The van der Waals surface area contributed by atoms with Gasteiger partial charge in [-0.2, -0.15) is 0 Å². The summed E-state index contributed by atoms with van der Waals surface area (Å²) in [4.78, 5) is 2.21. The minimum atomic E-state index is 0.522. The topological polar surface area (TPSA) is 42.4 Å². The van der Waals surface area contributed by atoms with Crippen LogP contribution in [0, 0.1) is 0 Å². The second kappa shape index (κ2) is 6.22. The summed E-state index contributed by atoms with van der Waals surface area (Å²) in [6.45, 7) is 0.522. The Morgan fingerprint density at radius 1 is 0.750 bits per heavy atom. The van der Waals surface area contributed by atoms with Crippen molar-refractivity contribution < 1.29 is 4.42 Å². The van der Waals surface area contributed by atoms with Crippen molar-refractivity contribution in [2.24, 2.45) is 5.73 Å². The van der Waals surface area contributed by atoms with Crippen molar-refractivity contribution in [1.82, 2.24) is 0 Å². The van der Waals surface area contributed by atoms with Gasteiger partial charge in [-0.25, -0.2) is 0 Å². The Labute approximate surface area is 140 Å². The molecule has 0 fully saturated rings. The molecule has 2 N–H and O–H groups in total. The Morgan fingerprint density at radius 3 is 2.38 bits per heavy atom. The summed E-state index contributed by atoms with van der Waals surface area (Å²) in [6.07, 6.45) is 1.72. The van der Waals surface area contributed by atoms with Crippen LogP contribution in [0.5, 0.6) is 0 Å². The number of anilines is 3. The SMILES string of the molecule is NCc1cccc(N(c2ccccc2)c2ccc3ccoc3c2)c1. The fourth-order valence-corrected chi connectivity index (χ4v) is 2.93. The van der Waals surface area contributed by atoms with Crippen LogP contribution in [0.1, 0.15) is 5.56 Å². The maximum Gasteiger partial charge on any atom is 0.135 e. The number of benzene rings is 3. The monoisotopic (exact) mass is 314 g/mol. The van der Waals surface area contributed by atoms with E-state index in [2.05, 4.69) is 47.4 Å². The number of para-hydroxylation sites is 1. The van der Waals surface area contributed by atoms with E-state index in [1.54, 1.807) is 6.26 Å². The molecule has 3 nitrogen and oxygen atoms in total. The molecule has 4 aromatic rings. The standard InChI is InChI=1S/C21H18N2O/c22-15-16-5-4-8-19(13-16)23(18-6-2-1-3-7-18)20-10-9-17-11-12-24-21(17)14-20/h1-14H,15,22H2. The van der Waals surface area contributed by atoms with E-state index in [1.165, 1.54) is 0 Å². The molecule has 0 aliphatic rings. The lowest BCUT2D eigenvalue weighted by Gasteiger charge is -2.25. The van der Waals surface area contributed by atoms with Crippen LogP contribution in [-0.2, 0) is 6.54 Å². The molecule has 0 aliphatic heterocycles. The van der Waals surface area contributed by atoms with Crippen molar-refractivity contribution >= 4 is 28.0 Å². The Kier molecular flexibility index (Phi) is 3.77. The van der Waals surface area contributed by atoms with Crippen LogP contribution in [0.15, 0.2) is 89.5 Å². The molecule has 3 aromatic carbocycles. The van der Waals surface area contributed by atoms with E-state index in [0.717, 1.165) is 33.6 Å². The van der Waals surface area contributed by atoms with Gasteiger partial charge >= 0.3 is 0 Å². The molecule has 1 aromatic heterocycles. The summed E-state index contributed by atoms with van der Waals surface area (Å²) in [5.41, 5.74) is 11.0. The van der Waals surface area contributed by atoms with Crippen LogP contribution in [0.25, 0.3) is 11.0 Å². The van der Waals surface area contributed by atoms with Gasteiger partial charge in [0.05, 0.1) is 6.26 Å². The summed E-state index contributed by atoms with van der Waals surface area (Å²) < 4.78 is 5.58. The van der Waals surface area contributed by atoms with E-state index in [0.29, 0.717) is 6.54 Å². The zero-order valence-corrected chi connectivity index (χ0v) is 13.2. The first-order valence-corrected chi connectivity index (χ1v) is 7.96. The van der Waals surface area contributed by atoms with Gasteiger partial charge in [-0.3, -0.25) is 0 Å². The van der Waals surface area contributed by atoms with E-state index >= 15 is 0 Å².